The number of amides is 2. The summed E-state index contributed by atoms with van der Waals surface area (Å²) in [4.78, 5) is 27.0. The molecule has 1 aromatic carbocycles. The predicted molar refractivity (Wildman–Crippen MR) is 75.5 cm³/mol. The van der Waals surface area contributed by atoms with Crippen molar-refractivity contribution in [2.75, 3.05) is 33.8 Å². The van der Waals surface area contributed by atoms with Crippen LogP contribution in [0, 0.1) is 0 Å². The molecule has 2 amide bonds. The maximum Gasteiger partial charge on any atom is 0.241 e. The number of aryl methyl sites for hydroxylation is 1. The van der Waals surface area contributed by atoms with Crippen LogP contribution in [0.1, 0.15) is 12.0 Å². The Balaban J connectivity index is 1.84. The number of nitrogens with zero attached hydrogens (tertiary/aromatic N) is 2. The predicted octanol–water partition coefficient (Wildman–Crippen LogP) is 0.928. The van der Waals surface area contributed by atoms with Crippen molar-refractivity contribution in [3.8, 4) is 5.75 Å². The SMILES string of the molecule is COc1ccc(CCC(=O)N2CCN(C)C(=O)C2)cc1. The van der Waals surface area contributed by atoms with Gasteiger partial charge in [-0.05, 0) is 24.1 Å². The number of rotatable bonds is 4. The van der Waals surface area contributed by atoms with Crippen molar-refractivity contribution in [1.29, 1.82) is 0 Å². The van der Waals surface area contributed by atoms with Gasteiger partial charge in [-0.2, -0.15) is 0 Å². The van der Waals surface area contributed by atoms with Crippen molar-refractivity contribution in [1.82, 2.24) is 9.80 Å². The molecule has 1 saturated heterocycles. The van der Waals surface area contributed by atoms with Crippen LogP contribution in [0.15, 0.2) is 24.3 Å². The molecule has 1 fully saturated rings. The summed E-state index contributed by atoms with van der Waals surface area (Å²) in [7, 11) is 3.39. The summed E-state index contributed by atoms with van der Waals surface area (Å²) in [5.74, 6) is 0.862. The first-order chi connectivity index (χ1) is 9.60. The Bertz CT molecular complexity index is 484. The largest absolute Gasteiger partial charge is 0.497 e. The molecule has 0 radical (unpaired) electrons. The summed E-state index contributed by atoms with van der Waals surface area (Å²) >= 11 is 0. The molecule has 1 aromatic rings. The minimum atomic E-state index is 0.00838. The number of hydrogen-bond donors (Lipinski definition) is 0. The highest BCUT2D eigenvalue weighted by Gasteiger charge is 2.24. The first-order valence-electron chi connectivity index (χ1n) is 6.75. The molecular weight excluding hydrogens is 256 g/mol. The second kappa shape index (κ2) is 6.41. The standard InChI is InChI=1S/C15H20N2O3/c1-16-9-10-17(11-15(16)19)14(18)8-5-12-3-6-13(20-2)7-4-12/h3-4,6-7H,5,8-11H2,1-2H3. The van der Waals surface area contributed by atoms with Crippen molar-refractivity contribution in [2.45, 2.75) is 12.8 Å². The molecule has 1 aliphatic rings. The van der Waals surface area contributed by atoms with E-state index in [1.807, 2.05) is 24.3 Å². The molecule has 1 heterocycles. The molecule has 20 heavy (non-hydrogen) atoms. The number of piperazine rings is 1. The summed E-state index contributed by atoms with van der Waals surface area (Å²) in [6.07, 6.45) is 1.12. The highest BCUT2D eigenvalue weighted by molar-refractivity contribution is 5.85. The molecule has 0 unspecified atom stereocenters. The van der Waals surface area contributed by atoms with Crippen LogP contribution in [0.4, 0.5) is 0 Å². The highest BCUT2D eigenvalue weighted by atomic mass is 16.5. The van der Waals surface area contributed by atoms with Gasteiger partial charge in [0, 0.05) is 26.6 Å². The maximum absolute atomic E-state index is 12.1. The van der Waals surface area contributed by atoms with E-state index in [4.69, 9.17) is 4.74 Å². The Morgan fingerprint density at radius 3 is 2.55 bits per heavy atom. The fourth-order valence-corrected chi connectivity index (χ4v) is 2.17. The van der Waals surface area contributed by atoms with Crippen LogP contribution >= 0.6 is 0 Å². The number of carbonyl (C=O) groups excluding carboxylic acids is 2. The second-order valence-electron chi connectivity index (χ2n) is 4.98. The van der Waals surface area contributed by atoms with Crippen LogP contribution < -0.4 is 4.74 Å². The molecule has 5 heteroatoms. The summed E-state index contributed by atoms with van der Waals surface area (Å²) in [6.45, 7) is 1.45. The van der Waals surface area contributed by atoms with E-state index in [0.717, 1.165) is 11.3 Å². The van der Waals surface area contributed by atoms with Crippen LogP contribution in [0.3, 0.4) is 0 Å². The molecule has 0 aliphatic carbocycles. The van der Waals surface area contributed by atoms with Crippen LogP contribution in [0.25, 0.3) is 0 Å². The molecular formula is C15H20N2O3. The Hall–Kier alpha value is -2.04. The Kier molecular flexibility index (Phi) is 4.61. The van der Waals surface area contributed by atoms with Gasteiger partial charge in [-0.3, -0.25) is 9.59 Å². The lowest BCUT2D eigenvalue weighted by molar-refractivity contribution is -0.144. The number of methoxy groups -OCH3 is 1. The zero-order chi connectivity index (χ0) is 14.5. The van der Waals surface area contributed by atoms with Crippen molar-refractivity contribution >= 4 is 11.8 Å². The van der Waals surface area contributed by atoms with Gasteiger partial charge < -0.3 is 14.5 Å². The van der Waals surface area contributed by atoms with Crippen molar-refractivity contribution in [3.63, 3.8) is 0 Å². The quantitative estimate of drug-likeness (QED) is 0.822. The Labute approximate surface area is 119 Å². The number of benzene rings is 1. The molecule has 0 spiro atoms. The van der Waals surface area contributed by atoms with E-state index in [1.165, 1.54) is 0 Å². The van der Waals surface area contributed by atoms with Gasteiger partial charge in [-0.25, -0.2) is 0 Å². The van der Waals surface area contributed by atoms with E-state index in [0.29, 0.717) is 25.9 Å². The third-order valence-electron chi connectivity index (χ3n) is 3.60. The number of carbonyl (C=O) groups is 2. The average Bonchev–Trinajstić information content (AvgIpc) is 2.48. The van der Waals surface area contributed by atoms with E-state index >= 15 is 0 Å². The zero-order valence-corrected chi connectivity index (χ0v) is 12.0. The maximum atomic E-state index is 12.1. The van der Waals surface area contributed by atoms with Gasteiger partial charge in [-0.1, -0.05) is 12.1 Å². The smallest absolute Gasteiger partial charge is 0.241 e. The van der Waals surface area contributed by atoms with Crippen LogP contribution in [0.5, 0.6) is 5.75 Å². The second-order valence-corrected chi connectivity index (χ2v) is 4.98. The Morgan fingerprint density at radius 2 is 1.95 bits per heavy atom. The lowest BCUT2D eigenvalue weighted by Gasteiger charge is -2.32. The van der Waals surface area contributed by atoms with Gasteiger partial charge in [0.05, 0.1) is 13.7 Å². The molecule has 5 nitrogen and oxygen atoms in total. The van der Waals surface area contributed by atoms with Gasteiger partial charge in [0.2, 0.25) is 11.8 Å². The summed E-state index contributed by atoms with van der Waals surface area (Å²) in [6, 6.07) is 7.70. The number of likely N-dealkylation sites (N-methyl/N-ethyl adjacent to an activating group) is 1. The lowest BCUT2D eigenvalue weighted by Crippen LogP contribution is -2.50. The minimum Gasteiger partial charge on any atom is -0.497 e. The first-order valence-corrected chi connectivity index (χ1v) is 6.75. The minimum absolute atomic E-state index is 0.00838. The van der Waals surface area contributed by atoms with Gasteiger partial charge in [0.15, 0.2) is 0 Å². The molecule has 0 N–H and O–H groups in total. The fraction of sp³-hybridized carbons (Fsp3) is 0.467. The molecule has 0 atom stereocenters. The molecule has 0 bridgehead atoms. The van der Waals surface area contributed by atoms with Crippen LogP contribution in [0.2, 0.25) is 0 Å². The monoisotopic (exact) mass is 276 g/mol. The Morgan fingerprint density at radius 1 is 1.25 bits per heavy atom. The molecule has 1 aliphatic heterocycles. The lowest BCUT2D eigenvalue weighted by atomic mass is 10.1. The fourth-order valence-electron chi connectivity index (χ4n) is 2.17. The molecule has 108 valence electrons. The normalized spacial score (nSPS) is 15.4. The van der Waals surface area contributed by atoms with Gasteiger partial charge in [0.25, 0.3) is 0 Å². The first kappa shape index (κ1) is 14.4. The van der Waals surface area contributed by atoms with E-state index in [1.54, 1.807) is 24.0 Å². The summed E-state index contributed by atoms with van der Waals surface area (Å²) < 4.78 is 5.09. The third-order valence-corrected chi connectivity index (χ3v) is 3.60. The van der Waals surface area contributed by atoms with Crippen molar-refractivity contribution in [2.24, 2.45) is 0 Å². The molecule has 0 aromatic heterocycles. The molecule has 0 saturated carbocycles. The molecule has 2 rings (SSSR count). The zero-order valence-electron chi connectivity index (χ0n) is 12.0. The average molecular weight is 276 g/mol. The van der Waals surface area contributed by atoms with Crippen molar-refractivity contribution < 1.29 is 14.3 Å². The number of hydrogen-bond acceptors (Lipinski definition) is 3. The number of ether oxygens (including phenoxy) is 1. The highest BCUT2D eigenvalue weighted by Crippen LogP contribution is 2.13. The topological polar surface area (TPSA) is 49.9 Å². The van der Waals surface area contributed by atoms with Gasteiger partial charge >= 0.3 is 0 Å². The van der Waals surface area contributed by atoms with Gasteiger partial charge in [-0.15, -0.1) is 0 Å². The van der Waals surface area contributed by atoms with Crippen LogP contribution in [-0.4, -0.2) is 55.4 Å². The summed E-state index contributed by atoms with van der Waals surface area (Å²) in [5.41, 5.74) is 1.10. The van der Waals surface area contributed by atoms with E-state index in [9.17, 15) is 9.59 Å². The van der Waals surface area contributed by atoms with Crippen molar-refractivity contribution in [3.05, 3.63) is 29.8 Å². The van der Waals surface area contributed by atoms with Gasteiger partial charge in [0.1, 0.15) is 5.75 Å². The van der Waals surface area contributed by atoms with Crippen LogP contribution in [-0.2, 0) is 16.0 Å². The third kappa shape index (κ3) is 3.50. The van der Waals surface area contributed by atoms with E-state index < -0.39 is 0 Å². The van der Waals surface area contributed by atoms with E-state index in [-0.39, 0.29) is 18.4 Å². The summed E-state index contributed by atoms with van der Waals surface area (Å²) in [5, 5.41) is 0. The van der Waals surface area contributed by atoms with E-state index in [2.05, 4.69) is 0 Å².